The number of benzene rings is 2. The molecule has 3 heterocycles. The van der Waals surface area contributed by atoms with Gasteiger partial charge in [0, 0.05) is 51.4 Å². The Hall–Kier alpha value is -3.78. The first-order chi connectivity index (χ1) is 17.8. The van der Waals surface area contributed by atoms with Gasteiger partial charge in [0.25, 0.3) is 5.91 Å². The molecule has 1 aliphatic heterocycles. The molecule has 0 aliphatic carbocycles. The summed E-state index contributed by atoms with van der Waals surface area (Å²) < 4.78 is 46.6. The zero-order chi connectivity index (χ0) is 26.0. The van der Waals surface area contributed by atoms with Crippen molar-refractivity contribution in [1.29, 1.82) is 0 Å². The van der Waals surface area contributed by atoms with Crippen molar-refractivity contribution in [3.05, 3.63) is 101 Å². The standard InChI is InChI=1S/C29H28F3N3O2/c1-21-18-25-27(37-21)19-26(35(25)20-23-9-11-24(12-10-23)29(30,31)32)28(36)34-16-14-33(15-17-34)13-5-8-22-6-3-2-4-7-22/h2-12,18-19H,13-17,20H2,1H3/b8-5+. The Morgan fingerprint density at radius 3 is 2.35 bits per heavy atom. The minimum atomic E-state index is -4.39. The van der Waals surface area contributed by atoms with Crippen LogP contribution in [-0.2, 0) is 12.7 Å². The summed E-state index contributed by atoms with van der Waals surface area (Å²) in [7, 11) is 0. The normalized spacial score (nSPS) is 15.2. The molecule has 5 rings (SSSR count). The number of alkyl halides is 3. The van der Waals surface area contributed by atoms with Gasteiger partial charge in [-0.15, -0.1) is 0 Å². The second-order valence-electron chi connectivity index (χ2n) is 9.32. The Kier molecular flexibility index (Phi) is 6.93. The molecular weight excluding hydrogens is 479 g/mol. The van der Waals surface area contributed by atoms with Crippen molar-refractivity contribution >= 4 is 23.1 Å². The molecule has 1 fully saturated rings. The van der Waals surface area contributed by atoms with E-state index in [4.69, 9.17) is 4.42 Å². The number of nitrogens with zero attached hydrogens (tertiary/aromatic N) is 3. The molecule has 37 heavy (non-hydrogen) atoms. The number of furan rings is 1. The van der Waals surface area contributed by atoms with Crippen molar-refractivity contribution in [2.45, 2.75) is 19.6 Å². The summed E-state index contributed by atoms with van der Waals surface area (Å²) in [5.41, 5.74) is 2.97. The molecule has 192 valence electrons. The maximum Gasteiger partial charge on any atom is 0.416 e. The monoisotopic (exact) mass is 507 g/mol. The van der Waals surface area contributed by atoms with Crippen molar-refractivity contribution < 1.29 is 22.4 Å². The highest BCUT2D eigenvalue weighted by molar-refractivity contribution is 5.97. The van der Waals surface area contributed by atoms with Gasteiger partial charge in [0.1, 0.15) is 11.5 Å². The largest absolute Gasteiger partial charge is 0.460 e. The van der Waals surface area contributed by atoms with Gasteiger partial charge in [0.2, 0.25) is 0 Å². The van der Waals surface area contributed by atoms with Crippen LogP contribution in [0.5, 0.6) is 0 Å². The average molecular weight is 508 g/mol. The number of halogens is 3. The molecule has 1 aliphatic rings. The highest BCUT2D eigenvalue weighted by Gasteiger charge is 2.30. The molecule has 1 saturated heterocycles. The second-order valence-corrected chi connectivity index (χ2v) is 9.32. The molecule has 0 bridgehead atoms. The zero-order valence-electron chi connectivity index (χ0n) is 20.5. The zero-order valence-corrected chi connectivity index (χ0v) is 20.5. The number of rotatable bonds is 6. The quantitative estimate of drug-likeness (QED) is 0.318. The number of aryl methyl sites for hydroxylation is 1. The van der Waals surface area contributed by atoms with Crippen LogP contribution in [-0.4, -0.2) is 53.0 Å². The summed E-state index contributed by atoms with van der Waals surface area (Å²) in [6, 6.07) is 18.8. The summed E-state index contributed by atoms with van der Waals surface area (Å²) in [4.78, 5) is 17.7. The van der Waals surface area contributed by atoms with E-state index in [2.05, 4.69) is 29.2 Å². The van der Waals surface area contributed by atoms with Crippen molar-refractivity contribution in [2.75, 3.05) is 32.7 Å². The first-order valence-electron chi connectivity index (χ1n) is 12.3. The lowest BCUT2D eigenvalue weighted by molar-refractivity contribution is -0.137. The Balaban J connectivity index is 1.28. The lowest BCUT2D eigenvalue weighted by atomic mass is 10.1. The first kappa shape index (κ1) is 24.9. The molecule has 2 aromatic heterocycles. The van der Waals surface area contributed by atoms with Crippen molar-refractivity contribution in [2.24, 2.45) is 0 Å². The number of hydrogen-bond donors (Lipinski definition) is 0. The van der Waals surface area contributed by atoms with Gasteiger partial charge in [0.05, 0.1) is 11.1 Å². The van der Waals surface area contributed by atoms with Gasteiger partial charge in [-0.3, -0.25) is 9.69 Å². The molecule has 2 aromatic carbocycles. The predicted molar refractivity (Wildman–Crippen MR) is 137 cm³/mol. The number of carbonyl (C=O) groups is 1. The van der Waals surface area contributed by atoms with Gasteiger partial charge >= 0.3 is 6.18 Å². The lowest BCUT2D eigenvalue weighted by Gasteiger charge is -2.34. The van der Waals surface area contributed by atoms with Gasteiger partial charge in [-0.1, -0.05) is 54.6 Å². The van der Waals surface area contributed by atoms with Crippen LogP contribution in [0.2, 0.25) is 0 Å². The summed E-state index contributed by atoms with van der Waals surface area (Å²) in [5.74, 6) is 0.609. The molecule has 0 atom stereocenters. The Morgan fingerprint density at radius 1 is 0.973 bits per heavy atom. The molecule has 0 saturated carbocycles. The summed E-state index contributed by atoms with van der Waals surface area (Å²) in [6.45, 7) is 5.64. The number of fused-ring (bicyclic) bond motifs is 1. The highest BCUT2D eigenvalue weighted by atomic mass is 19.4. The fourth-order valence-electron chi connectivity index (χ4n) is 4.69. The fraction of sp³-hybridized carbons (Fsp3) is 0.276. The minimum absolute atomic E-state index is 0.101. The smallest absolute Gasteiger partial charge is 0.416 e. The molecule has 0 N–H and O–H groups in total. The van der Waals surface area contributed by atoms with E-state index >= 15 is 0 Å². The van der Waals surface area contributed by atoms with Crippen LogP contribution in [0, 0.1) is 6.92 Å². The van der Waals surface area contributed by atoms with Crippen LogP contribution in [0.1, 0.15) is 32.9 Å². The van der Waals surface area contributed by atoms with E-state index in [1.54, 1.807) is 6.07 Å². The van der Waals surface area contributed by atoms with Crippen molar-refractivity contribution in [1.82, 2.24) is 14.4 Å². The molecule has 4 aromatic rings. The van der Waals surface area contributed by atoms with E-state index in [0.29, 0.717) is 35.7 Å². The van der Waals surface area contributed by atoms with E-state index in [9.17, 15) is 18.0 Å². The molecule has 8 heteroatoms. The van der Waals surface area contributed by atoms with Crippen LogP contribution in [0.15, 0.2) is 77.2 Å². The van der Waals surface area contributed by atoms with Crippen LogP contribution in [0.3, 0.4) is 0 Å². The summed E-state index contributed by atoms with van der Waals surface area (Å²) in [6.07, 6.45) is -0.150. The van der Waals surface area contributed by atoms with E-state index in [0.717, 1.165) is 42.8 Å². The number of amides is 1. The topological polar surface area (TPSA) is 41.6 Å². The number of carbonyl (C=O) groups excluding carboxylic acids is 1. The third-order valence-electron chi connectivity index (χ3n) is 6.69. The van der Waals surface area contributed by atoms with E-state index in [-0.39, 0.29) is 12.5 Å². The molecule has 0 radical (unpaired) electrons. The van der Waals surface area contributed by atoms with E-state index in [1.807, 2.05) is 40.7 Å². The molecular formula is C29H28F3N3O2. The number of piperazine rings is 1. The van der Waals surface area contributed by atoms with Gasteiger partial charge in [-0.05, 0) is 30.2 Å². The van der Waals surface area contributed by atoms with Gasteiger partial charge in [0.15, 0.2) is 5.58 Å². The van der Waals surface area contributed by atoms with Crippen LogP contribution >= 0.6 is 0 Å². The van der Waals surface area contributed by atoms with Crippen LogP contribution in [0.25, 0.3) is 17.2 Å². The maximum absolute atomic E-state index is 13.5. The first-order valence-corrected chi connectivity index (χ1v) is 12.3. The molecule has 1 amide bonds. The Morgan fingerprint density at radius 2 is 1.68 bits per heavy atom. The third kappa shape index (κ3) is 5.64. The number of aromatic nitrogens is 1. The summed E-state index contributed by atoms with van der Waals surface area (Å²) >= 11 is 0. The predicted octanol–water partition coefficient (Wildman–Crippen LogP) is 6.08. The van der Waals surface area contributed by atoms with Crippen molar-refractivity contribution in [3.63, 3.8) is 0 Å². The van der Waals surface area contributed by atoms with Crippen LogP contribution in [0.4, 0.5) is 13.2 Å². The van der Waals surface area contributed by atoms with Gasteiger partial charge < -0.3 is 13.9 Å². The SMILES string of the molecule is Cc1cc2c(cc(C(=O)N3CCN(C/C=C/c4ccccc4)CC3)n2Cc2ccc(C(F)(F)F)cc2)o1. The molecule has 5 nitrogen and oxygen atoms in total. The average Bonchev–Trinajstić information content (AvgIpc) is 3.41. The third-order valence-corrected chi connectivity index (χ3v) is 6.69. The van der Waals surface area contributed by atoms with Crippen LogP contribution < -0.4 is 0 Å². The number of hydrogen-bond acceptors (Lipinski definition) is 3. The van der Waals surface area contributed by atoms with Gasteiger partial charge in [-0.25, -0.2) is 0 Å². The Labute approximate surface area is 213 Å². The van der Waals surface area contributed by atoms with E-state index < -0.39 is 11.7 Å². The maximum atomic E-state index is 13.5. The molecule has 0 unspecified atom stereocenters. The summed E-state index contributed by atoms with van der Waals surface area (Å²) in [5, 5.41) is 0. The van der Waals surface area contributed by atoms with Gasteiger partial charge in [-0.2, -0.15) is 13.2 Å². The van der Waals surface area contributed by atoms with E-state index in [1.165, 1.54) is 12.1 Å². The Bertz CT molecular complexity index is 1390. The minimum Gasteiger partial charge on any atom is -0.460 e. The molecule has 0 spiro atoms. The second kappa shape index (κ2) is 10.3. The van der Waals surface area contributed by atoms with Crippen molar-refractivity contribution in [3.8, 4) is 0 Å². The fourth-order valence-corrected chi connectivity index (χ4v) is 4.69. The highest BCUT2D eigenvalue weighted by Crippen LogP contribution is 2.30. The lowest BCUT2D eigenvalue weighted by Crippen LogP contribution is -2.49.